The molecule has 1 fully saturated rings. The second-order valence-electron chi connectivity index (χ2n) is 5.16. The molecule has 19 heavy (non-hydrogen) atoms. The van der Waals surface area contributed by atoms with E-state index in [0.717, 1.165) is 25.3 Å². The zero-order valence-corrected chi connectivity index (χ0v) is 11.9. The van der Waals surface area contributed by atoms with E-state index >= 15 is 0 Å². The first kappa shape index (κ1) is 13.9. The molecule has 1 aliphatic rings. The van der Waals surface area contributed by atoms with E-state index in [0.29, 0.717) is 12.3 Å². The first-order valence-corrected chi connectivity index (χ1v) is 7.16. The largest absolute Gasteiger partial charge is 0.497 e. The fourth-order valence-electron chi connectivity index (χ4n) is 2.74. The summed E-state index contributed by atoms with van der Waals surface area (Å²) >= 11 is 0. The Kier molecular flexibility index (Phi) is 4.83. The van der Waals surface area contributed by atoms with Crippen molar-refractivity contribution in [1.82, 2.24) is 4.90 Å². The summed E-state index contributed by atoms with van der Waals surface area (Å²) in [6, 6.07) is 8.27. The van der Waals surface area contributed by atoms with Crippen LogP contribution in [0.15, 0.2) is 24.3 Å². The summed E-state index contributed by atoms with van der Waals surface area (Å²) in [6.45, 7) is 3.72. The average molecular weight is 261 g/mol. The fraction of sp³-hybridized carbons (Fsp3) is 0.562. The summed E-state index contributed by atoms with van der Waals surface area (Å²) in [4.78, 5) is 13.9. The summed E-state index contributed by atoms with van der Waals surface area (Å²) in [5.41, 5.74) is 1.32. The molecule has 2 rings (SSSR count). The van der Waals surface area contributed by atoms with Crippen LogP contribution in [0.25, 0.3) is 0 Å². The molecule has 1 amide bonds. The van der Waals surface area contributed by atoms with Gasteiger partial charge in [-0.3, -0.25) is 4.79 Å². The summed E-state index contributed by atoms with van der Waals surface area (Å²) < 4.78 is 5.19. The Bertz CT molecular complexity index is 413. The minimum absolute atomic E-state index is 0.278. The number of carbonyl (C=O) groups is 1. The maximum absolute atomic E-state index is 11.9. The lowest BCUT2D eigenvalue weighted by Crippen LogP contribution is -2.33. The molecular formula is C16H23NO2. The molecule has 3 nitrogen and oxygen atoms in total. The quantitative estimate of drug-likeness (QED) is 0.836. The molecule has 1 saturated heterocycles. The minimum Gasteiger partial charge on any atom is -0.497 e. The van der Waals surface area contributed by atoms with Gasteiger partial charge >= 0.3 is 0 Å². The normalized spacial score (nSPS) is 19.9. The van der Waals surface area contributed by atoms with Crippen molar-refractivity contribution in [2.75, 3.05) is 20.2 Å². The molecule has 1 atom stereocenters. The van der Waals surface area contributed by atoms with E-state index in [1.165, 1.54) is 18.4 Å². The predicted molar refractivity (Wildman–Crippen MR) is 76.5 cm³/mol. The van der Waals surface area contributed by atoms with Gasteiger partial charge in [0.1, 0.15) is 5.75 Å². The molecule has 0 aromatic heterocycles. The first-order valence-electron chi connectivity index (χ1n) is 7.16. The number of hydrogen-bond acceptors (Lipinski definition) is 2. The number of amides is 1. The van der Waals surface area contributed by atoms with Gasteiger partial charge < -0.3 is 9.64 Å². The highest BCUT2D eigenvalue weighted by Crippen LogP contribution is 2.28. The van der Waals surface area contributed by atoms with Gasteiger partial charge in [-0.15, -0.1) is 0 Å². The van der Waals surface area contributed by atoms with Crippen molar-refractivity contribution in [2.45, 2.75) is 38.5 Å². The Balaban J connectivity index is 2.10. The highest BCUT2D eigenvalue weighted by Gasteiger charge is 2.22. The van der Waals surface area contributed by atoms with Crippen LogP contribution in [0.2, 0.25) is 0 Å². The number of likely N-dealkylation sites (tertiary alicyclic amines) is 1. The molecule has 3 heteroatoms. The molecule has 0 saturated carbocycles. The van der Waals surface area contributed by atoms with Crippen molar-refractivity contribution in [1.29, 1.82) is 0 Å². The molecule has 1 unspecified atom stereocenters. The van der Waals surface area contributed by atoms with Gasteiger partial charge in [0.15, 0.2) is 0 Å². The average Bonchev–Trinajstić information content (AvgIpc) is 2.72. The summed E-state index contributed by atoms with van der Waals surface area (Å²) in [5.74, 6) is 1.63. The van der Waals surface area contributed by atoms with Crippen molar-refractivity contribution < 1.29 is 9.53 Å². The SMILES string of the molecule is CCC(=O)N1CCCCC(c2ccc(OC)cc2)C1. The number of rotatable bonds is 3. The maximum Gasteiger partial charge on any atom is 0.222 e. The highest BCUT2D eigenvalue weighted by atomic mass is 16.5. The lowest BCUT2D eigenvalue weighted by Gasteiger charge is -2.24. The second-order valence-corrected chi connectivity index (χ2v) is 5.16. The number of hydrogen-bond donors (Lipinski definition) is 0. The zero-order valence-electron chi connectivity index (χ0n) is 11.9. The van der Waals surface area contributed by atoms with Gasteiger partial charge in [0.05, 0.1) is 7.11 Å². The van der Waals surface area contributed by atoms with E-state index in [1.54, 1.807) is 7.11 Å². The van der Waals surface area contributed by atoms with E-state index in [2.05, 4.69) is 12.1 Å². The summed E-state index contributed by atoms with van der Waals surface area (Å²) in [5, 5.41) is 0. The van der Waals surface area contributed by atoms with Crippen LogP contribution in [-0.4, -0.2) is 31.0 Å². The topological polar surface area (TPSA) is 29.5 Å². The Morgan fingerprint density at radius 2 is 2.05 bits per heavy atom. The lowest BCUT2D eigenvalue weighted by molar-refractivity contribution is -0.130. The van der Waals surface area contributed by atoms with Crippen molar-refractivity contribution in [3.05, 3.63) is 29.8 Å². The monoisotopic (exact) mass is 261 g/mol. The summed E-state index contributed by atoms with van der Waals surface area (Å²) in [7, 11) is 1.68. The molecule has 104 valence electrons. The van der Waals surface area contributed by atoms with Crippen LogP contribution < -0.4 is 4.74 Å². The molecular weight excluding hydrogens is 238 g/mol. The second kappa shape index (κ2) is 6.60. The van der Waals surface area contributed by atoms with Gasteiger partial charge in [0, 0.05) is 25.4 Å². The third kappa shape index (κ3) is 3.49. The van der Waals surface area contributed by atoms with Crippen LogP contribution in [0.3, 0.4) is 0 Å². The van der Waals surface area contributed by atoms with Gasteiger partial charge in [0.2, 0.25) is 5.91 Å². The van der Waals surface area contributed by atoms with E-state index in [4.69, 9.17) is 4.74 Å². The van der Waals surface area contributed by atoms with Gasteiger partial charge in [-0.2, -0.15) is 0 Å². The number of nitrogens with zero attached hydrogens (tertiary/aromatic N) is 1. The molecule has 0 radical (unpaired) electrons. The predicted octanol–water partition coefficient (Wildman–Crippen LogP) is 3.20. The van der Waals surface area contributed by atoms with Crippen LogP contribution in [0.4, 0.5) is 0 Å². The number of carbonyl (C=O) groups excluding carboxylic acids is 1. The number of benzene rings is 1. The van der Waals surface area contributed by atoms with Crippen LogP contribution in [0.1, 0.15) is 44.1 Å². The van der Waals surface area contributed by atoms with Crippen LogP contribution in [-0.2, 0) is 4.79 Å². The zero-order chi connectivity index (χ0) is 13.7. The Labute approximate surface area is 115 Å². The molecule has 1 aromatic carbocycles. The van der Waals surface area contributed by atoms with E-state index in [-0.39, 0.29) is 5.91 Å². The molecule has 0 spiro atoms. The Hall–Kier alpha value is -1.51. The minimum atomic E-state index is 0.278. The van der Waals surface area contributed by atoms with Crippen LogP contribution in [0.5, 0.6) is 5.75 Å². The maximum atomic E-state index is 11.9. The van der Waals surface area contributed by atoms with Crippen LogP contribution in [0, 0.1) is 0 Å². The Morgan fingerprint density at radius 1 is 1.32 bits per heavy atom. The molecule has 0 bridgehead atoms. The van der Waals surface area contributed by atoms with Gasteiger partial charge in [0.25, 0.3) is 0 Å². The van der Waals surface area contributed by atoms with Crippen molar-refractivity contribution in [3.63, 3.8) is 0 Å². The first-order chi connectivity index (χ1) is 9.24. The van der Waals surface area contributed by atoms with Gasteiger partial charge in [-0.05, 0) is 30.5 Å². The summed E-state index contributed by atoms with van der Waals surface area (Å²) in [6.07, 6.45) is 4.09. The van der Waals surface area contributed by atoms with Crippen molar-refractivity contribution in [2.24, 2.45) is 0 Å². The van der Waals surface area contributed by atoms with Crippen LogP contribution >= 0.6 is 0 Å². The molecule has 0 aliphatic carbocycles. The Morgan fingerprint density at radius 3 is 2.68 bits per heavy atom. The molecule has 1 heterocycles. The molecule has 0 N–H and O–H groups in total. The lowest BCUT2D eigenvalue weighted by atomic mass is 9.94. The molecule has 1 aromatic rings. The van der Waals surface area contributed by atoms with E-state index in [1.807, 2.05) is 24.0 Å². The standard InChI is InChI=1S/C16H23NO2/c1-3-16(18)17-11-5-4-6-14(12-17)13-7-9-15(19-2)10-8-13/h7-10,14H,3-6,11-12H2,1-2H3. The molecule has 1 aliphatic heterocycles. The number of ether oxygens (including phenoxy) is 1. The van der Waals surface area contributed by atoms with Crippen molar-refractivity contribution >= 4 is 5.91 Å². The van der Waals surface area contributed by atoms with Gasteiger partial charge in [-0.25, -0.2) is 0 Å². The number of methoxy groups -OCH3 is 1. The van der Waals surface area contributed by atoms with E-state index in [9.17, 15) is 4.79 Å². The highest BCUT2D eigenvalue weighted by molar-refractivity contribution is 5.75. The third-order valence-corrected chi connectivity index (χ3v) is 3.91. The third-order valence-electron chi connectivity index (χ3n) is 3.91. The smallest absolute Gasteiger partial charge is 0.222 e. The van der Waals surface area contributed by atoms with Crippen molar-refractivity contribution in [3.8, 4) is 5.75 Å². The fourth-order valence-corrected chi connectivity index (χ4v) is 2.74. The van der Waals surface area contributed by atoms with Gasteiger partial charge in [-0.1, -0.05) is 25.5 Å². The van der Waals surface area contributed by atoms with E-state index < -0.39 is 0 Å².